The second-order valence-electron chi connectivity index (χ2n) is 4.95. The second kappa shape index (κ2) is 9.16. The van der Waals surface area contributed by atoms with Crippen LogP contribution >= 0.6 is 0 Å². The first-order chi connectivity index (χ1) is 8.79. The van der Waals surface area contributed by atoms with Crippen LogP contribution in [0.2, 0.25) is 0 Å². The van der Waals surface area contributed by atoms with Crippen LogP contribution in [-0.4, -0.2) is 44.2 Å². The highest BCUT2D eigenvalue weighted by atomic mass is 16.5. The van der Waals surface area contributed by atoms with E-state index in [1.54, 1.807) is 7.11 Å². The van der Waals surface area contributed by atoms with Crippen LogP contribution < -0.4 is 11.3 Å². The molecule has 18 heavy (non-hydrogen) atoms. The van der Waals surface area contributed by atoms with Crippen molar-refractivity contribution in [3.8, 4) is 0 Å². The van der Waals surface area contributed by atoms with Crippen LogP contribution in [0.4, 0.5) is 0 Å². The predicted molar refractivity (Wildman–Crippen MR) is 75.4 cm³/mol. The molecular weight excluding hydrogens is 228 g/mol. The van der Waals surface area contributed by atoms with E-state index in [1.165, 1.54) is 38.5 Å². The van der Waals surface area contributed by atoms with Gasteiger partial charge in [-0.2, -0.15) is 0 Å². The van der Waals surface area contributed by atoms with Crippen LogP contribution in [0.3, 0.4) is 0 Å². The molecular formula is C13H28N4O. The topological polar surface area (TPSA) is 62.9 Å². The highest BCUT2D eigenvalue weighted by Crippen LogP contribution is 2.20. The molecule has 0 heterocycles. The Kier molecular flexibility index (Phi) is 7.76. The lowest BCUT2D eigenvalue weighted by Crippen LogP contribution is -2.47. The Labute approximate surface area is 111 Å². The number of methoxy groups -OCH3 is 1. The van der Waals surface area contributed by atoms with Crippen LogP contribution in [0, 0.1) is 0 Å². The number of hydrogen-bond donors (Lipinski definition) is 2. The van der Waals surface area contributed by atoms with Crippen molar-refractivity contribution < 1.29 is 4.74 Å². The molecule has 0 bridgehead atoms. The van der Waals surface area contributed by atoms with Crippen LogP contribution in [0.25, 0.3) is 0 Å². The predicted octanol–water partition coefficient (Wildman–Crippen LogP) is 1.50. The Balaban J connectivity index is 2.45. The average molecular weight is 256 g/mol. The Morgan fingerprint density at radius 1 is 1.33 bits per heavy atom. The van der Waals surface area contributed by atoms with Crippen LogP contribution in [0.5, 0.6) is 0 Å². The Morgan fingerprint density at radius 3 is 2.56 bits per heavy atom. The minimum Gasteiger partial charge on any atom is -0.385 e. The molecule has 106 valence electrons. The molecule has 0 aliphatic heterocycles. The smallest absolute Gasteiger partial charge is 0.208 e. The number of hydrazine groups is 1. The summed E-state index contributed by atoms with van der Waals surface area (Å²) in [7, 11) is 3.80. The molecule has 0 aromatic carbocycles. The zero-order chi connectivity index (χ0) is 13.2. The lowest BCUT2D eigenvalue weighted by Gasteiger charge is -2.29. The Hall–Kier alpha value is -0.810. The van der Waals surface area contributed by atoms with Gasteiger partial charge in [0.25, 0.3) is 0 Å². The van der Waals surface area contributed by atoms with Gasteiger partial charge in [-0.1, -0.05) is 25.7 Å². The van der Waals surface area contributed by atoms with E-state index in [9.17, 15) is 0 Å². The Bertz CT molecular complexity index is 237. The van der Waals surface area contributed by atoms with Gasteiger partial charge in [0.05, 0.1) is 0 Å². The SMILES string of the molecule is COCCCN=C(NN)N(C)C1CCCCCC1. The quantitative estimate of drug-likeness (QED) is 0.195. The molecule has 5 nitrogen and oxygen atoms in total. The number of rotatable bonds is 5. The van der Waals surface area contributed by atoms with Gasteiger partial charge < -0.3 is 9.64 Å². The number of nitrogens with zero attached hydrogens (tertiary/aromatic N) is 2. The minimum atomic E-state index is 0.574. The van der Waals surface area contributed by atoms with E-state index in [0.29, 0.717) is 6.04 Å². The summed E-state index contributed by atoms with van der Waals surface area (Å²) < 4.78 is 5.02. The first-order valence-electron chi connectivity index (χ1n) is 7.02. The summed E-state index contributed by atoms with van der Waals surface area (Å²) >= 11 is 0. The number of ether oxygens (including phenoxy) is 1. The molecule has 0 spiro atoms. The molecule has 0 unspecified atom stereocenters. The maximum atomic E-state index is 5.58. The van der Waals surface area contributed by atoms with Gasteiger partial charge in [0.1, 0.15) is 0 Å². The molecule has 1 fully saturated rings. The monoisotopic (exact) mass is 256 g/mol. The molecule has 1 saturated carbocycles. The van der Waals surface area contributed by atoms with Gasteiger partial charge in [-0.15, -0.1) is 0 Å². The third-order valence-corrected chi connectivity index (χ3v) is 3.60. The highest BCUT2D eigenvalue weighted by Gasteiger charge is 2.19. The maximum absolute atomic E-state index is 5.58. The van der Waals surface area contributed by atoms with Crippen molar-refractivity contribution in [2.24, 2.45) is 10.8 Å². The first kappa shape index (κ1) is 15.2. The van der Waals surface area contributed by atoms with E-state index in [1.807, 2.05) is 0 Å². The van der Waals surface area contributed by atoms with Gasteiger partial charge >= 0.3 is 0 Å². The summed E-state index contributed by atoms with van der Waals surface area (Å²) in [6.07, 6.45) is 8.78. The van der Waals surface area contributed by atoms with Gasteiger partial charge in [0.15, 0.2) is 0 Å². The summed E-state index contributed by atoms with van der Waals surface area (Å²) in [6.45, 7) is 1.50. The van der Waals surface area contributed by atoms with E-state index in [0.717, 1.165) is 25.5 Å². The molecule has 1 aliphatic rings. The molecule has 0 aromatic heterocycles. The lowest BCUT2D eigenvalue weighted by molar-refractivity contribution is 0.196. The number of nitrogens with two attached hydrogens (primary N) is 1. The number of hydrogen-bond acceptors (Lipinski definition) is 3. The lowest BCUT2D eigenvalue weighted by atomic mass is 10.1. The van der Waals surface area contributed by atoms with Crippen molar-refractivity contribution in [2.45, 2.75) is 51.0 Å². The zero-order valence-electron chi connectivity index (χ0n) is 11.8. The molecule has 0 saturated heterocycles. The van der Waals surface area contributed by atoms with Crippen LogP contribution in [-0.2, 0) is 4.74 Å². The molecule has 1 rings (SSSR count). The third-order valence-electron chi connectivity index (χ3n) is 3.60. The van der Waals surface area contributed by atoms with E-state index in [-0.39, 0.29) is 0 Å². The number of guanidine groups is 1. The van der Waals surface area contributed by atoms with Crippen molar-refractivity contribution in [3.63, 3.8) is 0 Å². The highest BCUT2D eigenvalue weighted by molar-refractivity contribution is 5.79. The van der Waals surface area contributed by atoms with E-state index < -0.39 is 0 Å². The summed E-state index contributed by atoms with van der Waals surface area (Å²) in [5.41, 5.74) is 2.73. The van der Waals surface area contributed by atoms with Gasteiger partial charge in [-0.3, -0.25) is 10.4 Å². The van der Waals surface area contributed by atoms with Gasteiger partial charge in [-0.25, -0.2) is 5.84 Å². The fraction of sp³-hybridized carbons (Fsp3) is 0.923. The third kappa shape index (κ3) is 5.23. The standard InChI is InChI=1S/C13H28N4O/c1-17(12-8-5-3-4-6-9-12)13(16-14)15-10-7-11-18-2/h12H,3-11,14H2,1-2H3,(H,15,16). The molecule has 3 N–H and O–H groups in total. The van der Waals surface area contributed by atoms with Crippen LogP contribution in [0.1, 0.15) is 44.9 Å². The summed E-state index contributed by atoms with van der Waals surface area (Å²) in [4.78, 5) is 6.72. The average Bonchev–Trinajstić information content (AvgIpc) is 2.67. The second-order valence-corrected chi connectivity index (χ2v) is 4.95. The fourth-order valence-electron chi connectivity index (χ4n) is 2.47. The number of nitrogens with one attached hydrogen (secondary N) is 1. The van der Waals surface area contributed by atoms with Crippen molar-refractivity contribution in [2.75, 3.05) is 27.3 Å². The molecule has 0 amide bonds. The van der Waals surface area contributed by atoms with E-state index in [4.69, 9.17) is 10.6 Å². The molecule has 1 aliphatic carbocycles. The fourth-order valence-corrected chi connectivity index (χ4v) is 2.47. The molecule has 5 heteroatoms. The minimum absolute atomic E-state index is 0.574. The summed E-state index contributed by atoms with van der Waals surface area (Å²) in [6, 6.07) is 0.574. The summed E-state index contributed by atoms with van der Waals surface area (Å²) in [5.74, 6) is 6.38. The normalized spacial score (nSPS) is 18.5. The van der Waals surface area contributed by atoms with Crippen molar-refractivity contribution in [3.05, 3.63) is 0 Å². The van der Waals surface area contributed by atoms with Crippen molar-refractivity contribution in [1.29, 1.82) is 0 Å². The first-order valence-corrected chi connectivity index (χ1v) is 7.02. The summed E-state index contributed by atoms with van der Waals surface area (Å²) in [5, 5.41) is 0. The van der Waals surface area contributed by atoms with Gasteiger partial charge in [0.2, 0.25) is 5.96 Å². The van der Waals surface area contributed by atoms with Crippen molar-refractivity contribution >= 4 is 5.96 Å². The molecule has 0 aromatic rings. The van der Waals surface area contributed by atoms with E-state index >= 15 is 0 Å². The Morgan fingerprint density at radius 2 is 2.00 bits per heavy atom. The molecule has 0 atom stereocenters. The van der Waals surface area contributed by atoms with Gasteiger partial charge in [0, 0.05) is 33.4 Å². The van der Waals surface area contributed by atoms with Crippen LogP contribution in [0.15, 0.2) is 4.99 Å². The largest absolute Gasteiger partial charge is 0.385 e. The molecule has 0 radical (unpaired) electrons. The zero-order valence-corrected chi connectivity index (χ0v) is 11.8. The van der Waals surface area contributed by atoms with Gasteiger partial charge in [-0.05, 0) is 19.3 Å². The van der Waals surface area contributed by atoms with E-state index in [2.05, 4.69) is 22.4 Å². The maximum Gasteiger partial charge on any atom is 0.208 e. The number of aliphatic imine (C=N–C) groups is 1. The van der Waals surface area contributed by atoms with Crippen molar-refractivity contribution in [1.82, 2.24) is 10.3 Å².